The van der Waals surface area contributed by atoms with E-state index in [2.05, 4.69) is 37.5 Å². The van der Waals surface area contributed by atoms with Gasteiger partial charge in [-0.2, -0.15) is 9.97 Å². The van der Waals surface area contributed by atoms with Crippen LogP contribution in [0.2, 0.25) is 0 Å². The molecule has 1 saturated heterocycles. The van der Waals surface area contributed by atoms with E-state index in [-0.39, 0.29) is 6.10 Å². The fraction of sp³-hybridized carbons (Fsp3) is 0.636. The largest absolute Gasteiger partial charge is 0.467 e. The Bertz CT molecular complexity index is 417. The molecule has 1 fully saturated rings. The molecule has 0 bridgehead atoms. The van der Waals surface area contributed by atoms with Crippen molar-refractivity contribution in [1.29, 1.82) is 0 Å². The molecule has 0 amide bonds. The number of hydrogen-bond donors (Lipinski definition) is 1. The van der Waals surface area contributed by atoms with Gasteiger partial charge in [0.25, 0.3) is 0 Å². The molecule has 1 aliphatic heterocycles. The van der Waals surface area contributed by atoms with Crippen molar-refractivity contribution >= 4 is 28.4 Å². The van der Waals surface area contributed by atoms with Crippen LogP contribution in [0.5, 0.6) is 6.01 Å². The van der Waals surface area contributed by atoms with Gasteiger partial charge in [-0.3, -0.25) is 0 Å². The molecule has 0 aliphatic carbocycles. The number of nitrogens with zero attached hydrogens (tertiary/aromatic N) is 3. The van der Waals surface area contributed by atoms with Crippen LogP contribution < -0.4 is 9.64 Å². The van der Waals surface area contributed by atoms with Gasteiger partial charge in [0.2, 0.25) is 0 Å². The van der Waals surface area contributed by atoms with Gasteiger partial charge in [0, 0.05) is 19.2 Å². The fourth-order valence-electron chi connectivity index (χ4n) is 1.81. The monoisotopic (exact) mass is 365 g/mol. The average Bonchev–Trinajstić information content (AvgIpc) is 2.38. The van der Waals surface area contributed by atoms with Crippen LogP contribution in [-0.4, -0.2) is 54.1 Å². The number of morpholine rings is 1. The summed E-state index contributed by atoms with van der Waals surface area (Å²) in [6, 6.07) is 2.25. The molecular weight excluding hydrogens is 349 g/mol. The Hall–Kier alpha value is -0.670. The van der Waals surface area contributed by atoms with Crippen molar-refractivity contribution in [3.8, 4) is 6.01 Å². The summed E-state index contributed by atoms with van der Waals surface area (Å²) in [5.41, 5.74) is 0. The van der Waals surface area contributed by atoms with Crippen LogP contribution in [0.1, 0.15) is 6.92 Å². The SMILES string of the molecule is COc1nc(I)cc(N2CCOC(C(C)O)C2)n1. The maximum atomic E-state index is 9.59. The maximum Gasteiger partial charge on any atom is 0.319 e. The average molecular weight is 365 g/mol. The Morgan fingerprint density at radius 3 is 3.06 bits per heavy atom. The van der Waals surface area contributed by atoms with Gasteiger partial charge in [-0.15, -0.1) is 0 Å². The minimum atomic E-state index is -0.490. The number of hydrogen-bond acceptors (Lipinski definition) is 6. The van der Waals surface area contributed by atoms with E-state index in [0.29, 0.717) is 19.2 Å². The highest BCUT2D eigenvalue weighted by molar-refractivity contribution is 14.1. The zero-order valence-corrected chi connectivity index (χ0v) is 12.5. The number of ether oxygens (including phenoxy) is 2. The van der Waals surface area contributed by atoms with E-state index >= 15 is 0 Å². The van der Waals surface area contributed by atoms with Crippen molar-refractivity contribution in [2.24, 2.45) is 0 Å². The molecule has 7 heteroatoms. The van der Waals surface area contributed by atoms with Gasteiger partial charge in [-0.25, -0.2) is 0 Å². The number of aliphatic hydroxyl groups is 1. The molecule has 0 radical (unpaired) electrons. The topological polar surface area (TPSA) is 67.7 Å². The van der Waals surface area contributed by atoms with Gasteiger partial charge in [0.1, 0.15) is 15.6 Å². The van der Waals surface area contributed by atoms with Crippen LogP contribution in [-0.2, 0) is 4.74 Å². The predicted molar refractivity (Wildman–Crippen MR) is 74.9 cm³/mol. The van der Waals surface area contributed by atoms with E-state index in [9.17, 15) is 5.11 Å². The van der Waals surface area contributed by atoms with Gasteiger partial charge in [-0.1, -0.05) is 0 Å². The molecule has 1 aromatic rings. The molecule has 2 rings (SSSR count). The van der Waals surface area contributed by atoms with Crippen molar-refractivity contribution < 1.29 is 14.6 Å². The predicted octanol–water partition coefficient (Wildman–Crippen LogP) is 0.676. The molecule has 100 valence electrons. The van der Waals surface area contributed by atoms with Crippen LogP contribution >= 0.6 is 22.6 Å². The zero-order valence-electron chi connectivity index (χ0n) is 10.3. The maximum absolute atomic E-state index is 9.59. The first kappa shape index (κ1) is 13.8. The number of rotatable bonds is 3. The second-order valence-corrected chi connectivity index (χ2v) is 5.24. The Labute approximate surface area is 119 Å². The number of methoxy groups -OCH3 is 1. The van der Waals surface area contributed by atoms with Crippen molar-refractivity contribution in [3.05, 3.63) is 9.77 Å². The molecule has 1 aromatic heterocycles. The summed E-state index contributed by atoms with van der Waals surface area (Å²) in [5.74, 6) is 0.806. The normalized spacial score (nSPS) is 21.8. The van der Waals surface area contributed by atoms with E-state index in [1.54, 1.807) is 14.0 Å². The van der Waals surface area contributed by atoms with Gasteiger partial charge < -0.3 is 19.5 Å². The van der Waals surface area contributed by atoms with Crippen LogP contribution in [0, 0.1) is 3.70 Å². The van der Waals surface area contributed by atoms with E-state index in [0.717, 1.165) is 16.1 Å². The lowest BCUT2D eigenvalue weighted by molar-refractivity contribution is -0.0366. The summed E-state index contributed by atoms with van der Waals surface area (Å²) in [6.07, 6.45) is -0.673. The Kier molecular flexibility index (Phi) is 4.57. The zero-order chi connectivity index (χ0) is 13.1. The molecule has 2 unspecified atom stereocenters. The van der Waals surface area contributed by atoms with Gasteiger partial charge in [-0.05, 0) is 29.5 Å². The van der Waals surface area contributed by atoms with E-state index in [1.165, 1.54) is 0 Å². The third-order valence-corrected chi connectivity index (χ3v) is 3.35. The van der Waals surface area contributed by atoms with Crippen molar-refractivity contribution in [1.82, 2.24) is 9.97 Å². The number of halogens is 1. The van der Waals surface area contributed by atoms with Crippen molar-refractivity contribution in [2.45, 2.75) is 19.1 Å². The van der Waals surface area contributed by atoms with Crippen molar-refractivity contribution in [3.63, 3.8) is 0 Å². The second kappa shape index (κ2) is 5.98. The lowest BCUT2D eigenvalue weighted by atomic mass is 10.2. The molecule has 0 saturated carbocycles. The number of aromatic nitrogens is 2. The molecule has 0 spiro atoms. The Morgan fingerprint density at radius 1 is 1.61 bits per heavy atom. The summed E-state index contributed by atoms with van der Waals surface area (Å²) in [4.78, 5) is 10.5. The smallest absolute Gasteiger partial charge is 0.319 e. The highest BCUT2D eigenvalue weighted by Crippen LogP contribution is 2.20. The Balaban J connectivity index is 2.17. The number of anilines is 1. The molecule has 1 aliphatic rings. The Morgan fingerprint density at radius 2 is 2.39 bits per heavy atom. The second-order valence-electron chi connectivity index (χ2n) is 4.13. The van der Waals surface area contributed by atoms with Gasteiger partial charge >= 0.3 is 6.01 Å². The van der Waals surface area contributed by atoms with Gasteiger partial charge in [0.05, 0.1) is 19.8 Å². The fourth-order valence-corrected chi connectivity index (χ4v) is 2.30. The summed E-state index contributed by atoms with van der Waals surface area (Å²) in [5, 5.41) is 9.59. The quantitative estimate of drug-likeness (QED) is 0.628. The van der Waals surface area contributed by atoms with Crippen LogP contribution in [0.15, 0.2) is 6.07 Å². The molecule has 1 N–H and O–H groups in total. The summed E-state index contributed by atoms with van der Waals surface area (Å²) in [7, 11) is 1.55. The molecule has 2 atom stereocenters. The van der Waals surface area contributed by atoms with E-state index < -0.39 is 6.10 Å². The summed E-state index contributed by atoms with van der Waals surface area (Å²) < 4.78 is 11.4. The minimum absolute atomic E-state index is 0.183. The van der Waals surface area contributed by atoms with Crippen molar-refractivity contribution in [2.75, 3.05) is 31.7 Å². The van der Waals surface area contributed by atoms with Gasteiger partial charge in [0.15, 0.2) is 0 Å². The first-order valence-electron chi connectivity index (χ1n) is 5.73. The third-order valence-electron chi connectivity index (χ3n) is 2.80. The molecule has 0 aromatic carbocycles. The lowest BCUT2D eigenvalue weighted by Gasteiger charge is -2.35. The standard InChI is InChI=1S/C11H16IN3O3/c1-7(16)8-6-15(3-4-18-8)10-5-9(12)13-11(14-10)17-2/h5,7-8,16H,3-4,6H2,1-2H3. The van der Waals surface area contributed by atoms with E-state index in [1.807, 2.05) is 6.07 Å². The first-order chi connectivity index (χ1) is 8.60. The molecule has 2 heterocycles. The molecule has 18 heavy (non-hydrogen) atoms. The highest BCUT2D eigenvalue weighted by Gasteiger charge is 2.25. The number of aliphatic hydroxyl groups excluding tert-OH is 1. The third kappa shape index (κ3) is 3.21. The molecule has 6 nitrogen and oxygen atoms in total. The van der Waals surface area contributed by atoms with E-state index in [4.69, 9.17) is 9.47 Å². The summed E-state index contributed by atoms with van der Waals surface area (Å²) in [6.45, 7) is 3.68. The lowest BCUT2D eigenvalue weighted by Crippen LogP contribution is -2.47. The van der Waals surface area contributed by atoms with Crippen LogP contribution in [0.25, 0.3) is 0 Å². The van der Waals surface area contributed by atoms with Crippen LogP contribution in [0.3, 0.4) is 0 Å². The summed E-state index contributed by atoms with van der Waals surface area (Å²) >= 11 is 2.13. The minimum Gasteiger partial charge on any atom is -0.467 e. The highest BCUT2D eigenvalue weighted by atomic mass is 127. The molecular formula is C11H16IN3O3. The first-order valence-corrected chi connectivity index (χ1v) is 6.81. The van der Waals surface area contributed by atoms with Crippen LogP contribution in [0.4, 0.5) is 5.82 Å².